The van der Waals surface area contributed by atoms with Gasteiger partial charge in [0.2, 0.25) is 5.91 Å². The van der Waals surface area contributed by atoms with Crippen LogP contribution in [0.15, 0.2) is 36.4 Å². The minimum absolute atomic E-state index is 0.00696. The van der Waals surface area contributed by atoms with Gasteiger partial charge in [-0.15, -0.1) is 0 Å². The van der Waals surface area contributed by atoms with Gasteiger partial charge in [0.1, 0.15) is 0 Å². The molecule has 8 heteroatoms. The molecule has 0 saturated carbocycles. The minimum atomic E-state index is -0.617. The highest BCUT2D eigenvalue weighted by molar-refractivity contribution is 7.80. The molecule has 2 amide bonds. The van der Waals surface area contributed by atoms with Crippen molar-refractivity contribution in [3.63, 3.8) is 0 Å². The first-order chi connectivity index (χ1) is 11.3. The van der Waals surface area contributed by atoms with Crippen molar-refractivity contribution < 1.29 is 19.1 Å². The first-order valence-corrected chi connectivity index (χ1v) is 7.53. The van der Waals surface area contributed by atoms with Crippen molar-refractivity contribution in [1.82, 2.24) is 10.2 Å². The molecule has 0 spiro atoms. The van der Waals surface area contributed by atoms with Crippen LogP contribution in [0.5, 0.6) is 0 Å². The van der Waals surface area contributed by atoms with Gasteiger partial charge in [-0.2, -0.15) is 0 Å². The fourth-order valence-corrected chi connectivity index (χ4v) is 1.87. The van der Waals surface area contributed by atoms with E-state index in [9.17, 15) is 14.4 Å². The second-order valence-electron chi connectivity index (χ2n) is 4.77. The van der Waals surface area contributed by atoms with Gasteiger partial charge in [0, 0.05) is 26.2 Å². The van der Waals surface area contributed by atoms with Gasteiger partial charge >= 0.3 is 5.97 Å². The highest BCUT2D eigenvalue weighted by Gasteiger charge is 2.13. The average Bonchev–Trinajstić information content (AvgIpc) is 2.53. The zero-order valence-corrected chi connectivity index (χ0v) is 14.5. The number of ether oxygens (including phenoxy) is 1. The van der Waals surface area contributed by atoms with E-state index >= 15 is 0 Å². The lowest BCUT2D eigenvalue weighted by molar-refractivity contribution is -0.137. The van der Waals surface area contributed by atoms with Crippen molar-refractivity contribution in [3.8, 4) is 0 Å². The zero-order valence-electron chi connectivity index (χ0n) is 13.7. The molecule has 0 aromatic heterocycles. The molecule has 0 saturated heterocycles. The molecule has 0 bridgehead atoms. The molecule has 128 valence electrons. The third kappa shape index (κ3) is 6.17. The maximum atomic E-state index is 12.1. The van der Waals surface area contributed by atoms with Gasteiger partial charge in [-0.05, 0) is 31.3 Å². The molecule has 1 rings (SSSR count). The lowest BCUT2D eigenvalue weighted by atomic mass is 10.1. The standard InChI is InChI=1S/C16H19N3O4S/c1-4-23-14(21)10-9-13(20)18-16(24)17-12-8-6-5-7-11(12)15(22)19(2)3/h5-10H,4H2,1-3H3,(H2,17,18,20,24)/b10-9+. The van der Waals surface area contributed by atoms with Crippen LogP contribution < -0.4 is 10.6 Å². The minimum Gasteiger partial charge on any atom is -0.463 e. The van der Waals surface area contributed by atoms with Gasteiger partial charge in [-0.25, -0.2) is 4.79 Å². The van der Waals surface area contributed by atoms with Gasteiger partial charge in [0.25, 0.3) is 5.91 Å². The van der Waals surface area contributed by atoms with Crippen LogP contribution in [0.2, 0.25) is 0 Å². The van der Waals surface area contributed by atoms with Crippen molar-refractivity contribution in [2.45, 2.75) is 6.92 Å². The maximum Gasteiger partial charge on any atom is 0.330 e. The van der Waals surface area contributed by atoms with E-state index < -0.39 is 11.9 Å². The number of carbonyl (C=O) groups is 3. The summed E-state index contributed by atoms with van der Waals surface area (Å²) in [6.07, 6.45) is 2.02. The number of hydrogen-bond donors (Lipinski definition) is 2. The normalized spacial score (nSPS) is 10.1. The van der Waals surface area contributed by atoms with E-state index in [1.165, 1.54) is 4.90 Å². The Morgan fingerprint density at radius 2 is 1.88 bits per heavy atom. The zero-order chi connectivity index (χ0) is 18.1. The number of thiocarbonyl (C=S) groups is 1. The molecule has 1 aromatic carbocycles. The van der Waals surface area contributed by atoms with Crippen LogP contribution in [-0.2, 0) is 14.3 Å². The Labute approximate surface area is 145 Å². The predicted molar refractivity (Wildman–Crippen MR) is 94.6 cm³/mol. The average molecular weight is 349 g/mol. The highest BCUT2D eigenvalue weighted by atomic mass is 32.1. The Morgan fingerprint density at radius 3 is 2.50 bits per heavy atom. The number of nitrogens with zero attached hydrogens (tertiary/aromatic N) is 1. The molecule has 0 aliphatic carbocycles. The summed E-state index contributed by atoms with van der Waals surface area (Å²) in [5.74, 6) is -1.40. The SMILES string of the molecule is CCOC(=O)/C=C/C(=O)NC(=S)Nc1ccccc1C(=O)N(C)C. The van der Waals surface area contributed by atoms with E-state index in [2.05, 4.69) is 15.4 Å². The Kier molecular flexibility index (Phi) is 7.57. The molecule has 2 N–H and O–H groups in total. The van der Waals surface area contributed by atoms with Gasteiger partial charge in [0.05, 0.1) is 17.9 Å². The van der Waals surface area contributed by atoms with Crippen LogP contribution in [0.1, 0.15) is 17.3 Å². The quantitative estimate of drug-likeness (QED) is 0.474. The first kappa shape index (κ1) is 19.3. The number of anilines is 1. The van der Waals surface area contributed by atoms with E-state index in [4.69, 9.17) is 12.2 Å². The smallest absolute Gasteiger partial charge is 0.330 e. The number of para-hydroxylation sites is 1. The predicted octanol–water partition coefficient (Wildman–Crippen LogP) is 1.32. The Morgan fingerprint density at radius 1 is 1.21 bits per heavy atom. The molecule has 0 aliphatic rings. The summed E-state index contributed by atoms with van der Waals surface area (Å²) in [6, 6.07) is 6.78. The number of hydrogen-bond acceptors (Lipinski definition) is 5. The summed E-state index contributed by atoms with van der Waals surface area (Å²) in [7, 11) is 3.28. The number of benzene rings is 1. The van der Waals surface area contributed by atoms with E-state index in [0.717, 1.165) is 12.2 Å². The van der Waals surface area contributed by atoms with Crippen LogP contribution in [-0.4, -0.2) is 48.5 Å². The highest BCUT2D eigenvalue weighted by Crippen LogP contribution is 2.16. The topological polar surface area (TPSA) is 87.7 Å². The fourth-order valence-electron chi connectivity index (χ4n) is 1.66. The van der Waals surface area contributed by atoms with Crippen molar-refractivity contribution in [1.29, 1.82) is 0 Å². The van der Waals surface area contributed by atoms with E-state index in [1.54, 1.807) is 45.3 Å². The summed E-state index contributed by atoms with van der Waals surface area (Å²) < 4.78 is 4.66. The molecule has 0 unspecified atom stereocenters. The van der Waals surface area contributed by atoms with Gasteiger partial charge < -0.3 is 15.0 Å². The van der Waals surface area contributed by atoms with Crippen LogP contribution >= 0.6 is 12.2 Å². The Bertz CT molecular complexity index is 671. The largest absolute Gasteiger partial charge is 0.463 e. The number of carbonyl (C=O) groups excluding carboxylic acids is 3. The van der Waals surface area contributed by atoms with Crippen molar-refractivity contribution in [3.05, 3.63) is 42.0 Å². The number of nitrogens with one attached hydrogen (secondary N) is 2. The lowest BCUT2D eigenvalue weighted by Crippen LogP contribution is -2.34. The maximum absolute atomic E-state index is 12.1. The van der Waals surface area contributed by atoms with E-state index in [0.29, 0.717) is 11.3 Å². The molecule has 24 heavy (non-hydrogen) atoms. The lowest BCUT2D eigenvalue weighted by Gasteiger charge is -2.15. The van der Waals surface area contributed by atoms with Gasteiger partial charge in [-0.1, -0.05) is 12.1 Å². The number of amides is 2. The number of rotatable bonds is 5. The monoisotopic (exact) mass is 349 g/mol. The van der Waals surface area contributed by atoms with Crippen LogP contribution in [0, 0.1) is 0 Å². The Hall–Kier alpha value is -2.74. The van der Waals surface area contributed by atoms with Crippen molar-refractivity contribution >= 4 is 40.8 Å². The second kappa shape index (κ2) is 9.41. The molecule has 0 heterocycles. The van der Waals surface area contributed by atoms with Crippen LogP contribution in [0.3, 0.4) is 0 Å². The molecular weight excluding hydrogens is 330 g/mol. The van der Waals surface area contributed by atoms with Gasteiger partial charge in [-0.3, -0.25) is 14.9 Å². The summed E-state index contributed by atoms with van der Waals surface area (Å²) in [4.78, 5) is 36.3. The second-order valence-corrected chi connectivity index (χ2v) is 5.18. The molecule has 7 nitrogen and oxygen atoms in total. The summed E-state index contributed by atoms with van der Waals surface area (Å²) in [5.41, 5.74) is 0.886. The summed E-state index contributed by atoms with van der Waals surface area (Å²) >= 11 is 5.04. The first-order valence-electron chi connectivity index (χ1n) is 7.12. The van der Waals surface area contributed by atoms with Gasteiger partial charge in [0.15, 0.2) is 5.11 Å². The Balaban J connectivity index is 2.71. The van der Waals surface area contributed by atoms with Crippen LogP contribution in [0.4, 0.5) is 5.69 Å². The molecule has 1 aromatic rings. The van der Waals surface area contributed by atoms with E-state index in [-0.39, 0.29) is 17.6 Å². The van der Waals surface area contributed by atoms with Crippen LogP contribution in [0.25, 0.3) is 0 Å². The fraction of sp³-hybridized carbons (Fsp3) is 0.250. The van der Waals surface area contributed by atoms with E-state index in [1.807, 2.05) is 0 Å². The molecular formula is C16H19N3O4S. The molecule has 0 atom stereocenters. The molecule has 0 fully saturated rings. The third-order valence-electron chi connectivity index (χ3n) is 2.71. The summed E-state index contributed by atoms with van der Waals surface area (Å²) in [6.45, 7) is 1.89. The number of esters is 1. The molecule has 0 radical (unpaired) electrons. The van der Waals surface area contributed by atoms with Crippen molar-refractivity contribution in [2.24, 2.45) is 0 Å². The molecule has 0 aliphatic heterocycles. The third-order valence-corrected chi connectivity index (χ3v) is 2.91. The van der Waals surface area contributed by atoms with Crippen molar-refractivity contribution in [2.75, 3.05) is 26.0 Å². The summed E-state index contributed by atoms with van der Waals surface area (Å²) in [5, 5.41) is 5.18.